The number of hydrogen-bond acceptors (Lipinski definition) is 5. The van der Waals surface area contributed by atoms with Crippen molar-refractivity contribution in [3.05, 3.63) is 95.2 Å². The van der Waals surface area contributed by atoms with Crippen molar-refractivity contribution in [2.24, 2.45) is 0 Å². The summed E-state index contributed by atoms with van der Waals surface area (Å²) in [7, 11) is -3.31. The summed E-state index contributed by atoms with van der Waals surface area (Å²) in [5.41, 5.74) is 4.08. The van der Waals surface area contributed by atoms with E-state index < -0.39 is 9.84 Å². The van der Waals surface area contributed by atoms with Gasteiger partial charge in [0.25, 0.3) is 5.91 Å². The Bertz CT molecular complexity index is 1420. The lowest BCUT2D eigenvalue weighted by atomic mass is 10.1. The average Bonchev–Trinajstić information content (AvgIpc) is 3.10. The van der Waals surface area contributed by atoms with Gasteiger partial charge in [0, 0.05) is 41.1 Å². The number of anilines is 1. The van der Waals surface area contributed by atoms with Gasteiger partial charge in [-0.3, -0.25) is 14.8 Å². The number of aromatic nitrogens is 3. The lowest BCUT2D eigenvalue weighted by molar-refractivity contribution is 0.102. The number of carbonyl (C=O) groups is 1. The van der Waals surface area contributed by atoms with E-state index >= 15 is 0 Å². The molecule has 0 spiro atoms. The summed E-state index contributed by atoms with van der Waals surface area (Å²) in [5, 5.41) is 3.41. The van der Waals surface area contributed by atoms with E-state index in [1.807, 2.05) is 29.7 Å². The van der Waals surface area contributed by atoms with Crippen LogP contribution in [0.1, 0.15) is 21.6 Å². The predicted octanol–water partition coefficient (Wildman–Crippen LogP) is 4.61. The zero-order chi connectivity index (χ0) is 23.6. The van der Waals surface area contributed by atoms with Crippen molar-refractivity contribution in [1.29, 1.82) is 0 Å². The van der Waals surface area contributed by atoms with Crippen LogP contribution in [0.25, 0.3) is 11.3 Å². The third-order valence-corrected chi connectivity index (χ3v) is 6.65. The summed E-state index contributed by atoms with van der Waals surface area (Å²) < 4.78 is 25.3. The number of nitrogens with one attached hydrogen (secondary N) is 1. The second kappa shape index (κ2) is 9.17. The molecule has 0 aliphatic rings. The maximum Gasteiger partial charge on any atom is 0.257 e. The number of sulfone groups is 1. The Kier molecular flexibility index (Phi) is 6.31. The molecule has 4 aromatic rings. The third kappa shape index (κ3) is 4.97. The molecule has 0 bridgehead atoms. The van der Waals surface area contributed by atoms with Gasteiger partial charge in [-0.2, -0.15) is 0 Å². The molecular weight excluding hydrogens is 460 g/mol. The molecule has 0 radical (unpaired) electrons. The summed E-state index contributed by atoms with van der Waals surface area (Å²) in [6.07, 6.45) is 7.81. The zero-order valence-electron chi connectivity index (χ0n) is 18.0. The fourth-order valence-corrected chi connectivity index (χ4v) is 4.45. The molecule has 1 N–H and O–H groups in total. The number of halogens is 1. The highest BCUT2D eigenvalue weighted by Crippen LogP contribution is 2.33. The monoisotopic (exact) mass is 480 g/mol. The van der Waals surface area contributed by atoms with E-state index in [9.17, 15) is 13.2 Å². The minimum absolute atomic E-state index is 0.188. The highest BCUT2D eigenvalue weighted by atomic mass is 35.5. The van der Waals surface area contributed by atoms with Crippen LogP contribution in [-0.2, 0) is 16.4 Å². The predicted molar refractivity (Wildman–Crippen MR) is 128 cm³/mol. The topological polar surface area (TPSA) is 94.0 Å². The zero-order valence-corrected chi connectivity index (χ0v) is 19.6. The van der Waals surface area contributed by atoms with E-state index in [2.05, 4.69) is 15.3 Å². The Morgan fingerprint density at radius 1 is 1.09 bits per heavy atom. The summed E-state index contributed by atoms with van der Waals surface area (Å²) in [5.74, 6) is -0.314. The average molecular weight is 481 g/mol. The molecule has 7 nitrogen and oxygen atoms in total. The molecule has 9 heteroatoms. The van der Waals surface area contributed by atoms with Crippen LogP contribution in [0.2, 0.25) is 5.02 Å². The summed E-state index contributed by atoms with van der Waals surface area (Å²) in [6.45, 7) is 2.28. The normalized spacial score (nSPS) is 11.4. The second-order valence-corrected chi connectivity index (χ2v) is 9.99. The molecule has 0 atom stereocenters. The Hall–Kier alpha value is -3.49. The maximum absolute atomic E-state index is 13.1. The summed E-state index contributed by atoms with van der Waals surface area (Å²) in [4.78, 5) is 21.8. The lowest BCUT2D eigenvalue weighted by Crippen LogP contribution is -2.12. The molecular formula is C24H21ClN4O3S. The fraction of sp³-hybridized carbons (Fsp3) is 0.125. The minimum Gasteiger partial charge on any atom is -0.340 e. The van der Waals surface area contributed by atoms with Gasteiger partial charge in [0.15, 0.2) is 9.84 Å². The molecule has 0 saturated heterocycles. The lowest BCUT2D eigenvalue weighted by Gasteiger charge is -2.11. The second-order valence-electron chi connectivity index (χ2n) is 7.57. The van der Waals surface area contributed by atoms with Crippen molar-refractivity contribution in [3.63, 3.8) is 0 Å². The van der Waals surface area contributed by atoms with Gasteiger partial charge in [0.05, 0.1) is 34.6 Å². The molecule has 0 unspecified atom stereocenters. The molecule has 0 saturated carbocycles. The highest BCUT2D eigenvalue weighted by molar-refractivity contribution is 7.90. The van der Waals surface area contributed by atoms with Gasteiger partial charge in [0.2, 0.25) is 0 Å². The minimum atomic E-state index is -3.31. The van der Waals surface area contributed by atoms with Crippen molar-refractivity contribution in [2.45, 2.75) is 18.4 Å². The van der Waals surface area contributed by atoms with Crippen LogP contribution >= 0.6 is 11.6 Å². The first-order valence-electron chi connectivity index (χ1n) is 10.0. The van der Waals surface area contributed by atoms with Crippen LogP contribution in [0.4, 0.5) is 5.69 Å². The molecule has 168 valence electrons. The van der Waals surface area contributed by atoms with Gasteiger partial charge in [-0.05, 0) is 42.8 Å². The van der Waals surface area contributed by atoms with Crippen LogP contribution in [0, 0.1) is 6.92 Å². The van der Waals surface area contributed by atoms with E-state index in [1.165, 1.54) is 12.1 Å². The van der Waals surface area contributed by atoms with E-state index in [1.54, 1.807) is 43.0 Å². The fourth-order valence-electron chi connectivity index (χ4n) is 3.59. The quantitative estimate of drug-likeness (QED) is 0.435. The molecule has 1 amide bonds. The van der Waals surface area contributed by atoms with Gasteiger partial charge in [-0.15, -0.1) is 0 Å². The SMILES string of the molecule is Cc1c(C(=O)Nc2ccc(S(C)(=O)=O)cc2)cn(Cc2cnccn2)c1-c1ccccc1Cl. The number of hydrogen-bond donors (Lipinski definition) is 1. The van der Waals surface area contributed by atoms with Gasteiger partial charge in [-0.25, -0.2) is 8.42 Å². The summed E-state index contributed by atoms with van der Waals surface area (Å²) in [6, 6.07) is 13.5. The molecule has 2 heterocycles. The summed E-state index contributed by atoms with van der Waals surface area (Å²) >= 11 is 6.48. The molecule has 33 heavy (non-hydrogen) atoms. The highest BCUT2D eigenvalue weighted by Gasteiger charge is 2.21. The first-order chi connectivity index (χ1) is 15.7. The number of benzene rings is 2. The number of rotatable bonds is 6. The number of nitrogens with zero attached hydrogens (tertiary/aromatic N) is 3. The molecule has 0 aliphatic carbocycles. The Morgan fingerprint density at radius 2 is 1.82 bits per heavy atom. The van der Waals surface area contributed by atoms with Crippen molar-refractivity contribution in [1.82, 2.24) is 14.5 Å². The molecule has 0 fully saturated rings. The number of carbonyl (C=O) groups excluding carboxylic acids is 1. The first kappa shape index (κ1) is 22.7. The van der Waals surface area contributed by atoms with Crippen LogP contribution in [0.3, 0.4) is 0 Å². The third-order valence-electron chi connectivity index (χ3n) is 5.19. The maximum atomic E-state index is 13.1. The van der Waals surface area contributed by atoms with Crippen LogP contribution in [0.5, 0.6) is 0 Å². The molecule has 2 aromatic heterocycles. The van der Waals surface area contributed by atoms with E-state index in [4.69, 9.17) is 11.6 Å². The molecule has 4 rings (SSSR count). The van der Waals surface area contributed by atoms with E-state index in [0.29, 0.717) is 22.8 Å². The Morgan fingerprint density at radius 3 is 2.45 bits per heavy atom. The van der Waals surface area contributed by atoms with Crippen molar-refractivity contribution >= 4 is 33.0 Å². The number of amides is 1. The van der Waals surface area contributed by atoms with Gasteiger partial charge >= 0.3 is 0 Å². The standard InChI is InChI=1S/C24H21ClN4O3S/c1-16-21(24(30)28-17-7-9-19(10-8-17)33(2,31)32)15-29(14-18-13-26-11-12-27-18)23(16)20-5-3-4-6-22(20)25/h3-13,15H,14H2,1-2H3,(H,28,30). The van der Waals surface area contributed by atoms with Crippen LogP contribution < -0.4 is 5.32 Å². The Balaban J connectivity index is 1.72. The van der Waals surface area contributed by atoms with Crippen LogP contribution in [0.15, 0.2) is 78.2 Å². The van der Waals surface area contributed by atoms with E-state index in [0.717, 1.165) is 28.8 Å². The molecule has 2 aromatic carbocycles. The molecule has 0 aliphatic heterocycles. The van der Waals surface area contributed by atoms with Crippen molar-refractivity contribution < 1.29 is 13.2 Å². The van der Waals surface area contributed by atoms with Crippen molar-refractivity contribution in [2.75, 3.05) is 11.6 Å². The van der Waals surface area contributed by atoms with E-state index in [-0.39, 0.29) is 10.8 Å². The first-order valence-corrected chi connectivity index (χ1v) is 12.3. The van der Waals surface area contributed by atoms with Crippen molar-refractivity contribution in [3.8, 4) is 11.3 Å². The van der Waals surface area contributed by atoms with Gasteiger partial charge < -0.3 is 9.88 Å². The van der Waals surface area contributed by atoms with Gasteiger partial charge in [-0.1, -0.05) is 29.8 Å². The Labute approximate surface area is 197 Å². The smallest absolute Gasteiger partial charge is 0.257 e. The van der Waals surface area contributed by atoms with Gasteiger partial charge in [0.1, 0.15) is 0 Å². The largest absolute Gasteiger partial charge is 0.340 e. The van der Waals surface area contributed by atoms with Crippen LogP contribution in [-0.4, -0.2) is 35.1 Å².